The molecule has 0 aliphatic carbocycles. The monoisotopic (exact) mass is 544 g/mol. The summed E-state index contributed by atoms with van der Waals surface area (Å²) in [7, 11) is -0.0892. The zero-order valence-corrected chi connectivity index (χ0v) is 25.9. The van der Waals surface area contributed by atoms with Gasteiger partial charge in [0.2, 0.25) is 0 Å². The minimum absolute atomic E-state index is 0.0445. The summed E-state index contributed by atoms with van der Waals surface area (Å²) in [5, 5.41) is 10.4. The van der Waals surface area contributed by atoms with E-state index in [-0.39, 0.29) is 12.2 Å². The van der Waals surface area contributed by atoms with Crippen LogP contribution >= 0.6 is 0 Å². The highest BCUT2D eigenvalue weighted by atomic mass is 28.4. The molecule has 0 spiro atoms. The number of allylic oxidation sites excluding steroid dienone is 1. The van der Waals surface area contributed by atoms with E-state index in [1.165, 1.54) is 11.1 Å². The molecule has 1 N–H and O–H groups in total. The highest BCUT2D eigenvalue weighted by Gasteiger charge is 2.56. The van der Waals surface area contributed by atoms with Crippen molar-refractivity contribution in [3.05, 3.63) is 65.8 Å². The molecule has 1 aromatic carbocycles. The van der Waals surface area contributed by atoms with E-state index in [9.17, 15) is 5.11 Å². The maximum atomic E-state index is 10.4. The molecule has 2 rings (SSSR count). The fourth-order valence-electron chi connectivity index (χ4n) is 4.91. The summed E-state index contributed by atoms with van der Waals surface area (Å²) in [6, 6.07) is 11.4. The van der Waals surface area contributed by atoms with Gasteiger partial charge in [-0.2, -0.15) is 0 Å². The van der Waals surface area contributed by atoms with Gasteiger partial charge >= 0.3 is 0 Å². The predicted octanol–water partition coefficient (Wildman–Crippen LogP) is 7.76. The van der Waals surface area contributed by atoms with Gasteiger partial charge in [-0.05, 0) is 87.9 Å². The number of hydrogen-bond acceptors (Lipinski definition) is 5. The zero-order chi connectivity index (χ0) is 28.2. The van der Waals surface area contributed by atoms with E-state index in [0.717, 1.165) is 48.7 Å². The van der Waals surface area contributed by atoms with E-state index in [1.54, 1.807) is 13.2 Å². The lowest BCUT2D eigenvalue weighted by Gasteiger charge is -2.34. The Morgan fingerprint density at radius 3 is 2.37 bits per heavy atom. The first-order chi connectivity index (χ1) is 18.2. The topological polar surface area (TPSA) is 60.5 Å². The Kier molecular flexibility index (Phi) is 13.5. The van der Waals surface area contributed by atoms with Gasteiger partial charge in [0.05, 0.1) is 38.6 Å². The maximum Gasteiger partial charge on any atom is 0.192 e. The molecule has 1 aliphatic rings. The third-order valence-corrected chi connectivity index (χ3v) is 12.9. The van der Waals surface area contributed by atoms with Crippen molar-refractivity contribution in [3.8, 4) is 5.75 Å². The highest BCUT2D eigenvalue weighted by molar-refractivity contribution is 6.73. The van der Waals surface area contributed by atoms with Crippen LogP contribution in [0.5, 0.6) is 5.75 Å². The number of epoxide rings is 1. The molecule has 5 nitrogen and oxygen atoms in total. The molecule has 0 amide bonds. The molecule has 0 aromatic heterocycles. The molecule has 1 saturated heterocycles. The van der Waals surface area contributed by atoms with Gasteiger partial charge in [-0.25, -0.2) is 0 Å². The molecular weight excluding hydrogens is 492 g/mol. The third-order valence-electron chi connectivity index (χ3n) is 8.30. The van der Waals surface area contributed by atoms with Crippen LogP contribution in [0.2, 0.25) is 18.1 Å². The van der Waals surface area contributed by atoms with Crippen LogP contribution in [-0.4, -0.2) is 51.1 Å². The Balaban J connectivity index is 1.96. The van der Waals surface area contributed by atoms with Gasteiger partial charge in [0.25, 0.3) is 0 Å². The van der Waals surface area contributed by atoms with E-state index < -0.39 is 20.0 Å². The minimum Gasteiger partial charge on any atom is -0.497 e. The number of aliphatic hydroxyl groups is 1. The number of benzene rings is 1. The van der Waals surface area contributed by atoms with Gasteiger partial charge in [0.1, 0.15) is 11.4 Å². The molecule has 214 valence electrons. The Morgan fingerprint density at radius 2 is 1.79 bits per heavy atom. The van der Waals surface area contributed by atoms with Crippen LogP contribution < -0.4 is 4.74 Å². The molecule has 0 radical (unpaired) electrons. The van der Waals surface area contributed by atoms with E-state index in [4.69, 9.17) is 18.6 Å². The Morgan fingerprint density at radius 1 is 1.13 bits per heavy atom. The zero-order valence-electron chi connectivity index (χ0n) is 24.9. The average Bonchev–Trinajstić information content (AvgIpc) is 3.61. The SMILES string of the molecule is C=CC[C@H](O)[C@]1(C)O[C@H]1C/C=C(/C)[C@H](CC/C(C)=C/COCc1ccc(OC)cc1)O[Si](CC)(CC)CC. The largest absolute Gasteiger partial charge is 0.497 e. The summed E-state index contributed by atoms with van der Waals surface area (Å²) in [4.78, 5) is 0. The van der Waals surface area contributed by atoms with Crippen LogP contribution in [-0.2, 0) is 20.5 Å². The van der Waals surface area contributed by atoms with Crippen LogP contribution in [0.4, 0.5) is 0 Å². The summed E-state index contributed by atoms with van der Waals surface area (Å²) in [5.41, 5.74) is 3.26. The Labute approximate surface area is 233 Å². The molecule has 1 fully saturated rings. The first-order valence-corrected chi connectivity index (χ1v) is 16.9. The van der Waals surface area contributed by atoms with Crippen molar-refractivity contribution in [2.24, 2.45) is 0 Å². The van der Waals surface area contributed by atoms with Crippen molar-refractivity contribution in [1.29, 1.82) is 0 Å². The van der Waals surface area contributed by atoms with Gasteiger partial charge in [-0.1, -0.05) is 56.7 Å². The fourth-order valence-corrected chi connectivity index (χ4v) is 7.81. The first-order valence-electron chi connectivity index (χ1n) is 14.3. The molecule has 0 bridgehead atoms. The number of ether oxygens (including phenoxy) is 3. The summed E-state index contributed by atoms with van der Waals surface area (Å²) < 4.78 is 24.0. The third kappa shape index (κ3) is 9.49. The molecule has 1 aromatic rings. The molecule has 6 heteroatoms. The van der Waals surface area contributed by atoms with Crippen LogP contribution in [0.25, 0.3) is 0 Å². The number of rotatable bonds is 19. The molecule has 1 aliphatic heterocycles. The lowest BCUT2D eigenvalue weighted by Crippen LogP contribution is -2.40. The summed E-state index contributed by atoms with van der Waals surface area (Å²) in [6.45, 7) is 18.2. The normalized spacial score (nSPS) is 21.7. The number of hydrogen-bond donors (Lipinski definition) is 1. The number of aliphatic hydroxyl groups excluding tert-OH is 1. The van der Waals surface area contributed by atoms with Gasteiger partial charge in [0.15, 0.2) is 8.32 Å². The highest BCUT2D eigenvalue weighted by Crippen LogP contribution is 2.43. The average molecular weight is 545 g/mol. The van der Waals surface area contributed by atoms with Crippen LogP contribution in [0.3, 0.4) is 0 Å². The number of methoxy groups -OCH3 is 1. The van der Waals surface area contributed by atoms with E-state index >= 15 is 0 Å². The van der Waals surface area contributed by atoms with Crippen molar-refractivity contribution >= 4 is 8.32 Å². The van der Waals surface area contributed by atoms with Crippen molar-refractivity contribution < 1.29 is 23.7 Å². The molecular formula is C32H52O5Si. The lowest BCUT2D eigenvalue weighted by atomic mass is 9.95. The van der Waals surface area contributed by atoms with Crippen molar-refractivity contribution in [1.82, 2.24) is 0 Å². The van der Waals surface area contributed by atoms with Gasteiger partial charge in [-0.3, -0.25) is 0 Å². The Bertz CT molecular complexity index is 897. The quantitative estimate of drug-likeness (QED) is 0.0834. The Hall–Kier alpha value is -1.70. The van der Waals surface area contributed by atoms with Crippen LogP contribution in [0.15, 0.2) is 60.2 Å². The smallest absolute Gasteiger partial charge is 0.192 e. The maximum absolute atomic E-state index is 10.4. The van der Waals surface area contributed by atoms with Gasteiger partial charge < -0.3 is 23.7 Å². The summed E-state index contributed by atoms with van der Waals surface area (Å²) >= 11 is 0. The van der Waals surface area contributed by atoms with E-state index in [2.05, 4.69) is 53.3 Å². The van der Waals surface area contributed by atoms with Gasteiger partial charge in [0, 0.05) is 0 Å². The van der Waals surface area contributed by atoms with Crippen molar-refractivity contribution in [2.75, 3.05) is 13.7 Å². The van der Waals surface area contributed by atoms with Gasteiger partial charge in [-0.15, -0.1) is 6.58 Å². The first kappa shape index (κ1) is 32.5. The van der Waals surface area contributed by atoms with Crippen LogP contribution in [0.1, 0.15) is 72.8 Å². The molecule has 0 unspecified atom stereocenters. The second-order valence-corrected chi connectivity index (χ2v) is 15.5. The van der Waals surface area contributed by atoms with E-state index in [1.807, 2.05) is 31.2 Å². The van der Waals surface area contributed by atoms with Crippen molar-refractivity contribution in [2.45, 2.75) is 116 Å². The predicted molar refractivity (Wildman–Crippen MR) is 160 cm³/mol. The van der Waals surface area contributed by atoms with E-state index in [0.29, 0.717) is 19.6 Å². The summed E-state index contributed by atoms with van der Waals surface area (Å²) in [5.74, 6) is 0.857. The summed E-state index contributed by atoms with van der Waals surface area (Å²) in [6.07, 6.45) is 9.13. The molecule has 38 heavy (non-hydrogen) atoms. The minimum atomic E-state index is -1.76. The van der Waals surface area contributed by atoms with Crippen LogP contribution in [0, 0.1) is 0 Å². The molecule has 1 heterocycles. The molecule has 0 saturated carbocycles. The second kappa shape index (κ2) is 15.8. The van der Waals surface area contributed by atoms with Crippen molar-refractivity contribution in [3.63, 3.8) is 0 Å². The standard InChI is InChI=1S/C32H52O5Si/c1-9-13-30(33)32(7)31(36-32)21-15-26(6)29(37-38(10-2,11-3)12-4)20-14-25(5)22-23-35-24-27-16-18-28(34-8)19-17-27/h9,15-19,22,29-31,33H,1,10-14,20-21,23-24H2,2-8H3/b25-22+,26-15-/t29-,30-,31-,32-/m0/s1. The molecule has 4 atom stereocenters. The second-order valence-electron chi connectivity index (χ2n) is 10.8. The lowest BCUT2D eigenvalue weighted by molar-refractivity contribution is 0.0874. The fraction of sp³-hybridized carbons (Fsp3) is 0.625.